The molecule has 0 spiro atoms. The van der Waals surface area contributed by atoms with Crippen molar-refractivity contribution in [2.45, 2.75) is 32.7 Å². The van der Waals surface area contributed by atoms with Crippen LogP contribution in [0.4, 0.5) is 0 Å². The van der Waals surface area contributed by atoms with Crippen LogP contribution in [0.5, 0.6) is 11.5 Å². The van der Waals surface area contributed by atoms with Crippen LogP contribution in [-0.4, -0.2) is 64.3 Å². The van der Waals surface area contributed by atoms with Crippen molar-refractivity contribution in [2.75, 3.05) is 53.5 Å². The molecule has 1 aromatic carbocycles. The van der Waals surface area contributed by atoms with E-state index in [1.165, 1.54) is 25.9 Å². The summed E-state index contributed by atoms with van der Waals surface area (Å²) in [4.78, 5) is 16.6. The van der Waals surface area contributed by atoms with Crippen LogP contribution in [0.2, 0.25) is 0 Å². The minimum atomic E-state index is 0.144. The number of furan rings is 1. The lowest BCUT2D eigenvalue weighted by Crippen LogP contribution is -3.13. The maximum absolute atomic E-state index is 13.0. The number of methoxy groups -OCH3 is 2. The second kappa shape index (κ2) is 11.8. The molecule has 170 valence electrons. The summed E-state index contributed by atoms with van der Waals surface area (Å²) in [6, 6.07) is 9.80. The van der Waals surface area contributed by atoms with Crippen LogP contribution in [0.1, 0.15) is 29.9 Å². The van der Waals surface area contributed by atoms with Gasteiger partial charge in [-0.3, -0.25) is 4.79 Å². The molecule has 2 heterocycles. The van der Waals surface area contributed by atoms with Gasteiger partial charge in [0.25, 0.3) is 5.91 Å². The Labute approximate surface area is 185 Å². The fourth-order valence-corrected chi connectivity index (χ4v) is 4.14. The molecule has 2 aromatic rings. The number of aryl methyl sites for hydroxylation is 1. The third kappa shape index (κ3) is 7.01. The van der Waals surface area contributed by atoms with E-state index in [9.17, 15) is 4.79 Å². The number of ether oxygens (including phenoxy) is 2. The monoisotopic (exact) mass is 431 g/mol. The summed E-state index contributed by atoms with van der Waals surface area (Å²) >= 11 is 0. The second-order valence-corrected chi connectivity index (χ2v) is 8.26. The smallest absolute Gasteiger partial charge is 0.278 e. The lowest BCUT2D eigenvalue weighted by molar-refractivity contribution is -0.900. The van der Waals surface area contributed by atoms with Crippen LogP contribution >= 0.6 is 0 Å². The van der Waals surface area contributed by atoms with Gasteiger partial charge < -0.3 is 29.0 Å². The maximum Gasteiger partial charge on any atom is 0.278 e. The molecule has 0 saturated carbocycles. The molecule has 0 unspecified atom stereocenters. The fraction of sp³-hybridized carbons (Fsp3) is 0.542. The van der Waals surface area contributed by atoms with Crippen molar-refractivity contribution in [3.63, 3.8) is 0 Å². The number of carbonyl (C=O) groups is 1. The summed E-state index contributed by atoms with van der Waals surface area (Å²) in [5.74, 6) is 3.24. The zero-order valence-electron chi connectivity index (χ0n) is 19.1. The first-order valence-electron chi connectivity index (χ1n) is 11.3. The molecule has 1 fully saturated rings. The number of likely N-dealkylation sites (tertiary alicyclic amines) is 1. The minimum Gasteiger partial charge on any atom is -0.493 e. The Bertz CT molecular complexity index is 830. The van der Waals surface area contributed by atoms with Gasteiger partial charge in [-0.15, -0.1) is 0 Å². The topological polar surface area (TPSA) is 73.0 Å². The number of nitrogens with zero attached hydrogens (tertiary/aromatic N) is 1. The van der Waals surface area contributed by atoms with Gasteiger partial charge in [0.05, 0.1) is 33.9 Å². The number of nitrogens with two attached hydrogens (primary N) is 1. The number of carbonyl (C=O) groups excluding carboxylic acids is 1. The van der Waals surface area contributed by atoms with Crippen molar-refractivity contribution in [3.8, 4) is 11.5 Å². The van der Waals surface area contributed by atoms with E-state index in [4.69, 9.17) is 13.9 Å². The van der Waals surface area contributed by atoms with Crippen LogP contribution in [-0.2, 0) is 17.8 Å². The third-order valence-corrected chi connectivity index (χ3v) is 5.95. The molecule has 1 aliphatic heterocycles. The molecule has 7 nitrogen and oxygen atoms in total. The molecule has 0 atom stereocenters. The largest absolute Gasteiger partial charge is 0.493 e. The van der Waals surface area contributed by atoms with E-state index < -0.39 is 0 Å². The number of nitrogens with one attached hydrogen (secondary N) is 1. The Hall–Kier alpha value is -2.51. The predicted octanol–water partition coefficient (Wildman–Crippen LogP) is 0.419. The molecule has 0 radical (unpaired) electrons. The van der Waals surface area contributed by atoms with E-state index in [0.717, 1.165) is 36.6 Å². The van der Waals surface area contributed by atoms with E-state index in [-0.39, 0.29) is 5.91 Å². The maximum atomic E-state index is 13.0. The number of amides is 1. The lowest BCUT2D eigenvalue weighted by Gasteiger charge is -2.21. The Morgan fingerprint density at radius 2 is 1.90 bits per heavy atom. The van der Waals surface area contributed by atoms with Crippen molar-refractivity contribution in [3.05, 3.63) is 47.4 Å². The molecule has 1 aliphatic rings. The summed E-state index contributed by atoms with van der Waals surface area (Å²) in [5.41, 5.74) is 1.10. The minimum absolute atomic E-state index is 0.144. The number of hydrogen-bond acceptors (Lipinski definition) is 4. The van der Waals surface area contributed by atoms with Crippen molar-refractivity contribution < 1.29 is 28.9 Å². The van der Waals surface area contributed by atoms with Gasteiger partial charge in [0.2, 0.25) is 0 Å². The number of quaternary nitrogens is 2. The third-order valence-electron chi connectivity index (χ3n) is 5.95. The van der Waals surface area contributed by atoms with E-state index in [1.807, 2.05) is 42.2 Å². The van der Waals surface area contributed by atoms with Crippen LogP contribution in [0.3, 0.4) is 0 Å². The molecule has 1 amide bonds. The number of hydrogen-bond donors (Lipinski definition) is 2. The average Bonchev–Trinajstić information content (AvgIpc) is 3.45. The van der Waals surface area contributed by atoms with E-state index >= 15 is 0 Å². The molecule has 0 aliphatic carbocycles. The van der Waals surface area contributed by atoms with Crippen LogP contribution in [0.15, 0.2) is 34.7 Å². The zero-order chi connectivity index (χ0) is 22.1. The van der Waals surface area contributed by atoms with Crippen LogP contribution in [0, 0.1) is 6.92 Å². The van der Waals surface area contributed by atoms with Crippen LogP contribution < -0.4 is 19.7 Å². The highest BCUT2D eigenvalue weighted by Gasteiger charge is 2.19. The number of rotatable bonds is 12. The summed E-state index contributed by atoms with van der Waals surface area (Å²) in [6.45, 7) is 8.19. The Morgan fingerprint density at radius 1 is 1.13 bits per heavy atom. The molecule has 7 heteroatoms. The molecule has 0 bridgehead atoms. The van der Waals surface area contributed by atoms with Crippen molar-refractivity contribution in [1.29, 1.82) is 0 Å². The zero-order valence-corrected chi connectivity index (χ0v) is 19.1. The fourth-order valence-electron chi connectivity index (χ4n) is 4.14. The first-order chi connectivity index (χ1) is 15.1. The van der Waals surface area contributed by atoms with Gasteiger partial charge in [-0.25, -0.2) is 0 Å². The molecule has 3 N–H and O–H groups in total. The van der Waals surface area contributed by atoms with Gasteiger partial charge in [-0.1, -0.05) is 6.07 Å². The van der Waals surface area contributed by atoms with Crippen molar-refractivity contribution in [1.82, 2.24) is 4.90 Å². The highest BCUT2D eigenvalue weighted by molar-refractivity contribution is 5.77. The average molecular weight is 432 g/mol. The first-order valence-corrected chi connectivity index (χ1v) is 11.3. The molecular formula is C24H37N3O4+2. The number of benzene rings is 1. The normalized spacial score (nSPS) is 14.0. The summed E-state index contributed by atoms with van der Waals surface area (Å²) in [7, 11) is 3.27. The quantitative estimate of drug-likeness (QED) is 0.478. The van der Waals surface area contributed by atoms with Gasteiger partial charge in [-0.2, -0.15) is 0 Å². The van der Waals surface area contributed by atoms with Gasteiger partial charge in [0.15, 0.2) is 18.0 Å². The van der Waals surface area contributed by atoms with Crippen molar-refractivity contribution in [2.24, 2.45) is 0 Å². The predicted molar refractivity (Wildman–Crippen MR) is 119 cm³/mol. The Morgan fingerprint density at radius 3 is 2.58 bits per heavy atom. The molecule has 1 aromatic heterocycles. The standard InChI is InChI=1S/C24H35N3O4/c1-19-6-8-21(31-19)18-27(24(28)17-25-11-15-26-12-4-5-13-26)14-10-20-7-9-22(29-2)23(16-20)30-3/h6-9,16,25H,4-5,10-15,17-18H2,1-3H3/p+2. The first kappa shape index (κ1) is 23.2. The summed E-state index contributed by atoms with van der Waals surface area (Å²) in [5, 5.41) is 2.14. The van der Waals surface area contributed by atoms with Gasteiger partial charge in [-0.05, 0) is 43.2 Å². The van der Waals surface area contributed by atoms with E-state index in [0.29, 0.717) is 31.1 Å². The Balaban J connectivity index is 1.56. The van der Waals surface area contributed by atoms with Crippen LogP contribution in [0.25, 0.3) is 0 Å². The molecule has 1 saturated heterocycles. The van der Waals surface area contributed by atoms with E-state index in [1.54, 1.807) is 19.1 Å². The van der Waals surface area contributed by atoms with Crippen molar-refractivity contribution >= 4 is 5.91 Å². The van der Waals surface area contributed by atoms with Gasteiger partial charge in [0, 0.05) is 19.4 Å². The highest BCUT2D eigenvalue weighted by Crippen LogP contribution is 2.27. The highest BCUT2D eigenvalue weighted by atomic mass is 16.5. The van der Waals surface area contributed by atoms with E-state index in [2.05, 4.69) is 5.32 Å². The molecule has 31 heavy (non-hydrogen) atoms. The summed E-state index contributed by atoms with van der Waals surface area (Å²) < 4.78 is 16.5. The molecule has 3 rings (SSSR count). The summed E-state index contributed by atoms with van der Waals surface area (Å²) in [6.07, 6.45) is 3.41. The van der Waals surface area contributed by atoms with Gasteiger partial charge >= 0.3 is 0 Å². The molecular weight excluding hydrogens is 394 g/mol. The Kier molecular flexibility index (Phi) is 8.79. The SMILES string of the molecule is COc1ccc(CCN(Cc2ccc(C)o2)C(=O)C[NH2+]CC[NH+]2CCCC2)cc1OC. The second-order valence-electron chi connectivity index (χ2n) is 8.26. The van der Waals surface area contributed by atoms with Gasteiger partial charge in [0.1, 0.15) is 24.6 Å². The lowest BCUT2D eigenvalue weighted by atomic mass is 10.1.